The summed E-state index contributed by atoms with van der Waals surface area (Å²) in [4.78, 5) is 29.0. The summed E-state index contributed by atoms with van der Waals surface area (Å²) in [6.07, 6.45) is 0.351. The van der Waals surface area contributed by atoms with E-state index in [4.69, 9.17) is 9.47 Å². The molecule has 1 atom stereocenters. The zero-order chi connectivity index (χ0) is 30.9. The first-order chi connectivity index (χ1) is 20.0. The Kier molecular flexibility index (Phi) is 11.4. The zero-order valence-corrected chi connectivity index (χ0v) is 26.0. The number of hydrogen-bond acceptors (Lipinski definition) is 6. The van der Waals surface area contributed by atoms with Gasteiger partial charge in [0.05, 0.1) is 24.8 Å². The van der Waals surface area contributed by atoms with Crippen LogP contribution in [0.1, 0.15) is 38.3 Å². The number of methoxy groups -OCH3 is 2. The number of ether oxygens (including phenoxy) is 2. The standard InChI is InChI=1S/C32H41N3O6S/c1-7-28(32(37)33-20-23(2)3)34(21-25-15-13-24(4)14-16-25)31(36)22-35(42(38,39)27-11-9-8-10-12-27)26-17-18-29(40-5)30(19-26)41-6/h8-19,23,28H,7,20-22H2,1-6H3,(H,33,37)/t28-/m0/s1. The van der Waals surface area contributed by atoms with Crippen LogP contribution >= 0.6 is 0 Å². The normalized spacial score (nSPS) is 12.0. The lowest BCUT2D eigenvalue weighted by atomic mass is 10.1. The predicted octanol–water partition coefficient (Wildman–Crippen LogP) is 4.79. The summed E-state index contributed by atoms with van der Waals surface area (Å²) in [5, 5.41) is 2.94. The van der Waals surface area contributed by atoms with Crippen LogP contribution in [0.25, 0.3) is 0 Å². The number of hydrogen-bond donors (Lipinski definition) is 1. The van der Waals surface area contributed by atoms with Crippen molar-refractivity contribution in [1.82, 2.24) is 10.2 Å². The molecule has 0 aliphatic rings. The third kappa shape index (κ3) is 8.03. The Morgan fingerprint density at radius 1 is 0.905 bits per heavy atom. The van der Waals surface area contributed by atoms with Gasteiger partial charge in [0.1, 0.15) is 12.6 Å². The number of nitrogens with zero attached hydrogens (tertiary/aromatic N) is 2. The monoisotopic (exact) mass is 595 g/mol. The minimum absolute atomic E-state index is 0.0272. The van der Waals surface area contributed by atoms with Crippen molar-refractivity contribution < 1.29 is 27.5 Å². The van der Waals surface area contributed by atoms with E-state index >= 15 is 0 Å². The third-order valence-corrected chi connectivity index (χ3v) is 8.60. The molecule has 0 bridgehead atoms. The van der Waals surface area contributed by atoms with Gasteiger partial charge in [-0.05, 0) is 49.1 Å². The summed E-state index contributed by atoms with van der Waals surface area (Å²) >= 11 is 0. The Bertz CT molecular complexity index is 1440. The van der Waals surface area contributed by atoms with Crippen LogP contribution in [0, 0.1) is 12.8 Å². The van der Waals surface area contributed by atoms with Gasteiger partial charge < -0.3 is 19.7 Å². The predicted molar refractivity (Wildman–Crippen MR) is 164 cm³/mol. The van der Waals surface area contributed by atoms with Gasteiger partial charge in [0, 0.05) is 19.2 Å². The second-order valence-corrected chi connectivity index (χ2v) is 12.3. The van der Waals surface area contributed by atoms with E-state index in [1.165, 1.54) is 37.3 Å². The summed E-state index contributed by atoms with van der Waals surface area (Å²) in [6.45, 7) is 7.85. The van der Waals surface area contributed by atoms with Gasteiger partial charge in [0.25, 0.3) is 10.0 Å². The fourth-order valence-electron chi connectivity index (χ4n) is 4.46. The van der Waals surface area contributed by atoms with E-state index in [-0.39, 0.29) is 29.0 Å². The van der Waals surface area contributed by atoms with Gasteiger partial charge in [-0.2, -0.15) is 0 Å². The van der Waals surface area contributed by atoms with Gasteiger partial charge in [0.15, 0.2) is 11.5 Å². The first kappa shape index (κ1) is 32.5. The van der Waals surface area contributed by atoms with Crippen LogP contribution in [0.15, 0.2) is 77.7 Å². The highest BCUT2D eigenvalue weighted by Crippen LogP contribution is 2.34. The summed E-state index contributed by atoms with van der Waals surface area (Å²) < 4.78 is 39.8. The molecular formula is C32H41N3O6S. The number of amides is 2. The minimum atomic E-state index is -4.19. The molecule has 2 amide bonds. The quantitative estimate of drug-likeness (QED) is 0.288. The summed E-state index contributed by atoms with van der Waals surface area (Å²) in [5.74, 6) is 0.154. The number of carbonyl (C=O) groups excluding carboxylic acids is 2. The Morgan fingerprint density at radius 2 is 1.55 bits per heavy atom. The second-order valence-electron chi connectivity index (χ2n) is 10.4. The summed E-state index contributed by atoms with van der Waals surface area (Å²) in [7, 11) is -1.25. The number of sulfonamides is 1. The van der Waals surface area contributed by atoms with Crippen molar-refractivity contribution >= 4 is 27.5 Å². The van der Waals surface area contributed by atoms with E-state index in [9.17, 15) is 18.0 Å². The molecule has 0 unspecified atom stereocenters. The molecule has 3 rings (SSSR count). The van der Waals surface area contributed by atoms with Crippen LogP contribution in [0.4, 0.5) is 5.69 Å². The van der Waals surface area contributed by atoms with Crippen LogP contribution < -0.4 is 19.1 Å². The highest BCUT2D eigenvalue weighted by atomic mass is 32.2. The molecule has 1 N–H and O–H groups in total. The van der Waals surface area contributed by atoms with Crippen molar-refractivity contribution in [2.75, 3.05) is 31.6 Å². The fourth-order valence-corrected chi connectivity index (χ4v) is 5.89. The number of carbonyl (C=O) groups is 2. The molecule has 0 saturated heterocycles. The van der Waals surface area contributed by atoms with Crippen LogP contribution in [0.5, 0.6) is 11.5 Å². The number of benzene rings is 3. The molecule has 9 nitrogen and oxygen atoms in total. The molecule has 0 saturated carbocycles. The molecular weight excluding hydrogens is 554 g/mol. The Labute approximate surface area is 249 Å². The molecule has 0 heterocycles. The molecule has 3 aromatic rings. The van der Waals surface area contributed by atoms with Gasteiger partial charge >= 0.3 is 0 Å². The molecule has 0 radical (unpaired) electrons. The van der Waals surface area contributed by atoms with E-state index in [1.54, 1.807) is 30.3 Å². The van der Waals surface area contributed by atoms with E-state index in [2.05, 4.69) is 5.32 Å². The second kappa shape index (κ2) is 14.7. The van der Waals surface area contributed by atoms with E-state index in [0.717, 1.165) is 15.4 Å². The molecule has 226 valence electrons. The van der Waals surface area contributed by atoms with E-state index in [0.29, 0.717) is 24.5 Å². The first-order valence-electron chi connectivity index (χ1n) is 13.9. The first-order valence-corrected chi connectivity index (χ1v) is 15.4. The van der Waals surface area contributed by atoms with Crippen LogP contribution in [-0.2, 0) is 26.2 Å². The van der Waals surface area contributed by atoms with Crippen molar-refractivity contribution in [3.8, 4) is 11.5 Å². The molecule has 42 heavy (non-hydrogen) atoms. The van der Waals surface area contributed by atoms with Gasteiger partial charge in [-0.25, -0.2) is 8.42 Å². The molecule has 0 aliphatic heterocycles. The van der Waals surface area contributed by atoms with Crippen molar-refractivity contribution in [3.05, 3.63) is 83.9 Å². The van der Waals surface area contributed by atoms with Crippen molar-refractivity contribution in [2.24, 2.45) is 5.92 Å². The molecule has 0 fully saturated rings. The maximum absolute atomic E-state index is 14.2. The maximum atomic E-state index is 14.2. The summed E-state index contributed by atoms with van der Waals surface area (Å²) in [6, 6.07) is 19.5. The van der Waals surface area contributed by atoms with Crippen molar-refractivity contribution in [2.45, 2.75) is 51.6 Å². The average molecular weight is 596 g/mol. The van der Waals surface area contributed by atoms with Crippen LogP contribution in [0.3, 0.4) is 0 Å². The van der Waals surface area contributed by atoms with Crippen LogP contribution in [0.2, 0.25) is 0 Å². The van der Waals surface area contributed by atoms with E-state index in [1.807, 2.05) is 52.0 Å². The lowest BCUT2D eigenvalue weighted by Gasteiger charge is -2.33. The topological polar surface area (TPSA) is 105 Å². The van der Waals surface area contributed by atoms with Crippen LogP contribution in [-0.4, -0.2) is 58.5 Å². The minimum Gasteiger partial charge on any atom is -0.493 e. The Hall–Kier alpha value is -4.05. The number of aryl methyl sites for hydroxylation is 1. The lowest BCUT2D eigenvalue weighted by molar-refractivity contribution is -0.140. The largest absolute Gasteiger partial charge is 0.493 e. The number of rotatable bonds is 14. The maximum Gasteiger partial charge on any atom is 0.264 e. The SMILES string of the molecule is CC[C@@H](C(=O)NCC(C)C)N(Cc1ccc(C)cc1)C(=O)CN(c1ccc(OC)c(OC)c1)S(=O)(=O)c1ccccc1. The molecule has 0 aromatic heterocycles. The highest BCUT2D eigenvalue weighted by Gasteiger charge is 2.34. The number of nitrogens with one attached hydrogen (secondary N) is 1. The highest BCUT2D eigenvalue weighted by molar-refractivity contribution is 7.92. The smallest absolute Gasteiger partial charge is 0.264 e. The van der Waals surface area contributed by atoms with E-state index < -0.39 is 28.5 Å². The number of anilines is 1. The van der Waals surface area contributed by atoms with Crippen molar-refractivity contribution in [1.29, 1.82) is 0 Å². The third-order valence-electron chi connectivity index (χ3n) is 6.81. The van der Waals surface area contributed by atoms with Gasteiger partial charge in [0.2, 0.25) is 11.8 Å². The van der Waals surface area contributed by atoms with Crippen molar-refractivity contribution in [3.63, 3.8) is 0 Å². The zero-order valence-electron chi connectivity index (χ0n) is 25.2. The fraction of sp³-hybridized carbons (Fsp3) is 0.375. The Balaban J connectivity index is 2.08. The summed E-state index contributed by atoms with van der Waals surface area (Å²) in [5.41, 5.74) is 2.11. The Morgan fingerprint density at radius 3 is 2.12 bits per heavy atom. The molecule has 0 aliphatic carbocycles. The lowest BCUT2D eigenvalue weighted by Crippen LogP contribution is -2.52. The van der Waals surface area contributed by atoms with Gasteiger partial charge in [-0.15, -0.1) is 0 Å². The van der Waals surface area contributed by atoms with Gasteiger partial charge in [-0.3, -0.25) is 13.9 Å². The average Bonchev–Trinajstić information content (AvgIpc) is 2.99. The van der Waals surface area contributed by atoms with Gasteiger partial charge in [-0.1, -0.05) is 68.8 Å². The molecule has 3 aromatic carbocycles. The molecule has 0 spiro atoms. The molecule has 10 heteroatoms.